The maximum atomic E-state index is 13.5. The average Bonchev–Trinajstić information content (AvgIpc) is 3.27. The molecule has 0 atom stereocenters. The van der Waals surface area contributed by atoms with E-state index in [-0.39, 0.29) is 5.91 Å². The van der Waals surface area contributed by atoms with Gasteiger partial charge in [-0.2, -0.15) is 4.31 Å². The van der Waals surface area contributed by atoms with Crippen LogP contribution in [0.4, 0.5) is 5.69 Å². The van der Waals surface area contributed by atoms with Gasteiger partial charge < -0.3 is 4.90 Å². The Bertz CT molecular complexity index is 1270. The van der Waals surface area contributed by atoms with E-state index < -0.39 is 15.4 Å². The topological polar surface area (TPSA) is 70.6 Å². The molecule has 0 saturated carbocycles. The minimum atomic E-state index is -3.54. The molecule has 8 heteroatoms. The number of anilines is 1. The number of sulfonamides is 1. The molecule has 5 rings (SSSR count). The van der Waals surface area contributed by atoms with Crippen molar-refractivity contribution in [1.82, 2.24) is 9.29 Å². The SMILES string of the molecule is Cc1nc2ccc(N3CCC4(CCN(S(=O)(=O)c5ccccc5C)CC4)C3=O)cc2s1. The molecule has 1 amide bonds. The number of thiazole rings is 1. The number of nitrogens with zero attached hydrogens (tertiary/aromatic N) is 3. The van der Waals surface area contributed by atoms with Gasteiger partial charge in [-0.15, -0.1) is 11.3 Å². The van der Waals surface area contributed by atoms with Crippen molar-refractivity contribution in [3.63, 3.8) is 0 Å². The van der Waals surface area contributed by atoms with Crippen molar-refractivity contribution in [3.8, 4) is 0 Å². The van der Waals surface area contributed by atoms with Gasteiger partial charge in [-0.1, -0.05) is 18.2 Å². The fourth-order valence-electron chi connectivity index (χ4n) is 4.87. The van der Waals surface area contributed by atoms with Gasteiger partial charge in [-0.05, 0) is 62.9 Å². The normalized spacial score (nSPS) is 19.5. The highest BCUT2D eigenvalue weighted by molar-refractivity contribution is 7.89. The molecule has 2 aromatic carbocycles. The summed E-state index contributed by atoms with van der Waals surface area (Å²) >= 11 is 1.63. The van der Waals surface area contributed by atoms with Gasteiger partial charge in [-0.3, -0.25) is 4.79 Å². The monoisotopic (exact) mass is 455 g/mol. The predicted molar refractivity (Wildman–Crippen MR) is 123 cm³/mol. The molecule has 31 heavy (non-hydrogen) atoms. The summed E-state index contributed by atoms with van der Waals surface area (Å²) in [5, 5.41) is 1.01. The third-order valence-electron chi connectivity index (χ3n) is 6.69. The molecular weight excluding hydrogens is 430 g/mol. The van der Waals surface area contributed by atoms with Gasteiger partial charge in [-0.25, -0.2) is 13.4 Å². The van der Waals surface area contributed by atoms with Gasteiger partial charge >= 0.3 is 0 Å². The van der Waals surface area contributed by atoms with Crippen LogP contribution in [0.5, 0.6) is 0 Å². The Morgan fingerprint density at radius 1 is 1.00 bits per heavy atom. The van der Waals surface area contributed by atoms with E-state index >= 15 is 0 Å². The molecule has 2 saturated heterocycles. The van der Waals surface area contributed by atoms with E-state index in [2.05, 4.69) is 11.1 Å². The zero-order valence-electron chi connectivity index (χ0n) is 17.7. The smallest absolute Gasteiger partial charge is 0.243 e. The quantitative estimate of drug-likeness (QED) is 0.596. The Labute approximate surface area is 186 Å². The van der Waals surface area contributed by atoms with Crippen LogP contribution in [0.3, 0.4) is 0 Å². The van der Waals surface area contributed by atoms with Crippen molar-refractivity contribution in [2.24, 2.45) is 5.41 Å². The second-order valence-electron chi connectivity index (χ2n) is 8.54. The highest BCUT2D eigenvalue weighted by Gasteiger charge is 2.50. The lowest BCUT2D eigenvalue weighted by atomic mass is 9.77. The Hall–Kier alpha value is -2.29. The molecule has 2 aliphatic rings. The number of piperidine rings is 1. The zero-order valence-corrected chi connectivity index (χ0v) is 19.3. The third kappa shape index (κ3) is 3.37. The minimum absolute atomic E-state index is 0.126. The molecule has 3 heterocycles. The molecule has 0 radical (unpaired) electrons. The first-order valence-corrected chi connectivity index (χ1v) is 12.8. The number of fused-ring (bicyclic) bond motifs is 1. The van der Waals surface area contributed by atoms with Crippen molar-refractivity contribution in [2.75, 3.05) is 24.5 Å². The summed E-state index contributed by atoms with van der Waals surface area (Å²) in [4.78, 5) is 20.2. The fraction of sp³-hybridized carbons (Fsp3) is 0.391. The summed E-state index contributed by atoms with van der Waals surface area (Å²) in [6, 6.07) is 13.1. The van der Waals surface area contributed by atoms with Gasteiger partial charge in [0.05, 0.1) is 25.5 Å². The zero-order chi connectivity index (χ0) is 21.8. The van der Waals surface area contributed by atoms with Crippen LogP contribution in [0.15, 0.2) is 47.4 Å². The van der Waals surface area contributed by atoms with E-state index in [9.17, 15) is 13.2 Å². The van der Waals surface area contributed by atoms with Crippen molar-refractivity contribution in [3.05, 3.63) is 53.0 Å². The summed E-state index contributed by atoms with van der Waals surface area (Å²) in [6.45, 7) is 5.23. The minimum Gasteiger partial charge on any atom is -0.312 e. The average molecular weight is 456 g/mol. The first kappa shape index (κ1) is 20.6. The standard InChI is InChI=1S/C23H25N3O3S2/c1-16-5-3-4-6-21(16)31(28,29)25-12-9-23(10-13-25)11-14-26(22(23)27)18-7-8-19-20(15-18)30-17(2)24-19/h3-8,15H,9-14H2,1-2H3. The van der Waals surface area contributed by atoms with Crippen LogP contribution in [-0.4, -0.2) is 43.2 Å². The summed E-state index contributed by atoms with van der Waals surface area (Å²) < 4.78 is 28.9. The molecule has 1 aromatic heterocycles. The lowest BCUT2D eigenvalue weighted by Gasteiger charge is -2.37. The number of aromatic nitrogens is 1. The summed E-state index contributed by atoms with van der Waals surface area (Å²) in [7, 11) is -3.54. The van der Waals surface area contributed by atoms with Crippen LogP contribution in [0.1, 0.15) is 29.8 Å². The largest absolute Gasteiger partial charge is 0.312 e. The molecule has 1 spiro atoms. The summed E-state index contributed by atoms with van der Waals surface area (Å²) in [6.07, 6.45) is 1.90. The molecular formula is C23H25N3O3S2. The maximum Gasteiger partial charge on any atom is 0.243 e. The predicted octanol–water partition coefficient (Wildman–Crippen LogP) is 4.12. The van der Waals surface area contributed by atoms with Crippen LogP contribution in [0.25, 0.3) is 10.2 Å². The molecule has 6 nitrogen and oxygen atoms in total. The van der Waals surface area contributed by atoms with Crippen LogP contribution in [0, 0.1) is 19.3 Å². The number of aryl methyl sites for hydroxylation is 2. The van der Waals surface area contributed by atoms with Crippen LogP contribution < -0.4 is 4.90 Å². The molecule has 162 valence electrons. The highest BCUT2D eigenvalue weighted by Crippen LogP contribution is 2.44. The summed E-state index contributed by atoms with van der Waals surface area (Å²) in [5.74, 6) is 0.126. The van der Waals surface area contributed by atoms with E-state index in [0.29, 0.717) is 37.4 Å². The Balaban J connectivity index is 1.34. The molecule has 0 bridgehead atoms. The highest BCUT2D eigenvalue weighted by atomic mass is 32.2. The molecule has 0 unspecified atom stereocenters. The maximum absolute atomic E-state index is 13.5. The van der Waals surface area contributed by atoms with Gasteiger partial charge in [0, 0.05) is 25.3 Å². The first-order chi connectivity index (χ1) is 14.8. The number of carbonyl (C=O) groups excluding carboxylic acids is 1. The number of benzene rings is 2. The van der Waals surface area contributed by atoms with Gasteiger partial charge in [0.15, 0.2) is 0 Å². The van der Waals surface area contributed by atoms with Crippen molar-refractivity contribution in [2.45, 2.75) is 38.0 Å². The van der Waals surface area contributed by atoms with E-state index in [0.717, 1.165) is 32.9 Å². The first-order valence-electron chi connectivity index (χ1n) is 10.6. The molecule has 0 aliphatic carbocycles. The molecule has 2 fully saturated rings. The lowest BCUT2D eigenvalue weighted by molar-refractivity contribution is -0.127. The molecule has 0 N–H and O–H groups in total. The molecule has 2 aliphatic heterocycles. The summed E-state index contributed by atoms with van der Waals surface area (Å²) in [5.41, 5.74) is 2.16. The van der Waals surface area contributed by atoms with E-state index in [1.807, 2.05) is 43.0 Å². The van der Waals surface area contributed by atoms with E-state index in [4.69, 9.17) is 0 Å². The van der Waals surface area contributed by atoms with Gasteiger partial charge in [0.25, 0.3) is 0 Å². The van der Waals surface area contributed by atoms with Crippen LogP contribution in [0.2, 0.25) is 0 Å². The van der Waals surface area contributed by atoms with Crippen molar-refractivity contribution in [1.29, 1.82) is 0 Å². The second-order valence-corrected chi connectivity index (χ2v) is 11.7. The third-order valence-corrected chi connectivity index (χ3v) is 9.69. The van der Waals surface area contributed by atoms with Crippen molar-refractivity contribution >= 4 is 43.2 Å². The number of hydrogen-bond acceptors (Lipinski definition) is 5. The van der Waals surface area contributed by atoms with Crippen LogP contribution >= 0.6 is 11.3 Å². The lowest BCUT2D eigenvalue weighted by Crippen LogP contribution is -2.46. The van der Waals surface area contributed by atoms with E-state index in [1.54, 1.807) is 27.8 Å². The van der Waals surface area contributed by atoms with Gasteiger partial charge in [0.1, 0.15) is 0 Å². The second kappa shape index (κ2) is 7.39. The van der Waals surface area contributed by atoms with Crippen molar-refractivity contribution < 1.29 is 13.2 Å². The van der Waals surface area contributed by atoms with E-state index in [1.165, 1.54) is 0 Å². The Morgan fingerprint density at radius 3 is 2.45 bits per heavy atom. The fourth-order valence-corrected chi connectivity index (χ4v) is 7.39. The Kier molecular flexibility index (Phi) is 4.91. The number of rotatable bonds is 3. The molecule has 3 aromatic rings. The van der Waals surface area contributed by atoms with Crippen LogP contribution in [-0.2, 0) is 14.8 Å². The Morgan fingerprint density at radius 2 is 1.71 bits per heavy atom. The number of carbonyl (C=O) groups is 1. The number of amides is 1. The van der Waals surface area contributed by atoms with Gasteiger partial charge in [0.2, 0.25) is 15.9 Å². The number of hydrogen-bond donors (Lipinski definition) is 0.